The monoisotopic (exact) mass is 247 g/mol. The van der Waals surface area contributed by atoms with Gasteiger partial charge in [-0.2, -0.15) is 0 Å². The number of carbonyl (C=O) groups excluding carboxylic acids is 1. The third kappa shape index (κ3) is 3.67. The van der Waals surface area contributed by atoms with Gasteiger partial charge in [-0.3, -0.25) is 9.69 Å². The predicted octanol–water partition coefficient (Wildman–Crippen LogP) is 3.53. The number of rotatable bonds is 6. The van der Waals surface area contributed by atoms with Crippen LogP contribution in [0.15, 0.2) is 12.1 Å². The van der Waals surface area contributed by atoms with E-state index in [0.29, 0.717) is 6.54 Å². The third-order valence-corrected chi connectivity index (χ3v) is 3.50. The second-order valence-corrected chi connectivity index (χ2v) is 5.04. The summed E-state index contributed by atoms with van der Waals surface area (Å²) in [5, 5.41) is 0. The second kappa shape index (κ2) is 6.69. The number of aryl methyl sites for hydroxylation is 3. The fourth-order valence-electron chi connectivity index (χ4n) is 2.21. The van der Waals surface area contributed by atoms with Gasteiger partial charge in [0.2, 0.25) is 0 Å². The average molecular weight is 247 g/mol. The Morgan fingerprint density at radius 2 is 1.67 bits per heavy atom. The first-order valence-corrected chi connectivity index (χ1v) is 6.83. The van der Waals surface area contributed by atoms with Crippen molar-refractivity contribution in [1.29, 1.82) is 0 Å². The van der Waals surface area contributed by atoms with Crippen LogP contribution >= 0.6 is 0 Å². The number of Topliss-reactive ketones (excluding diaryl/α,β-unsaturated/α-hetero) is 1. The first-order chi connectivity index (χ1) is 8.49. The molecule has 0 bridgehead atoms. The maximum absolute atomic E-state index is 12.3. The quantitative estimate of drug-likeness (QED) is 0.717. The Balaban J connectivity index is 2.87. The van der Waals surface area contributed by atoms with Crippen molar-refractivity contribution in [3.63, 3.8) is 0 Å². The van der Waals surface area contributed by atoms with Crippen molar-refractivity contribution in [2.75, 3.05) is 19.6 Å². The topological polar surface area (TPSA) is 20.3 Å². The van der Waals surface area contributed by atoms with Gasteiger partial charge >= 0.3 is 0 Å². The van der Waals surface area contributed by atoms with Crippen LogP contribution in [0.5, 0.6) is 0 Å². The molecular formula is C16H25NO. The molecule has 0 unspecified atom stereocenters. The molecule has 0 amide bonds. The van der Waals surface area contributed by atoms with E-state index in [4.69, 9.17) is 0 Å². The van der Waals surface area contributed by atoms with Gasteiger partial charge in [0.25, 0.3) is 0 Å². The molecule has 2 heteroatoms. The molecule has 0 aromatic heterocycles. The lowest BCUT2D eigenvalue weighted by Crippen LogP contribution is -2.30. The van der Waals surface area contributed by atoms with E-state index in [2.05, 4.69) is 38.7 Å². The number of benzene rings is 1. The molecule has 2 nitrogen and oxygen atoms in total. The molecule has 100 valence electrons. The summed E-state index contributed by atoms with van der Waals surface area (Å²) in [5.74, 6) is 0.242. The molecule has 0 radical (unpaired) electrons. The summed E-state index contributed by atoms with van der Waals surface area (Å²) in [5.41, 5.74) is 4.43. The largest absolute Gasteiger partial charge is 0.296 e. The standard InChI is InChI=1S/C16H25NO/c1-6-8-17(7-2)11-16(18)15-10-13(4)12(3)9-14(15)5/h9-10H,6-8,11H2,1-5H3. The number of carbonyl (C=O) groups is 1. The van der Waals surface area contributed by atoms with Gasteiger partial charge in [-0.25, -0.2) is 0 Å². The average Bonchev–Trinajstić information content (AvgIpc) is 2.33. The van der Waals surface area contributed by atoms with Crippen LogP contribution in [0, 0.1) is 20.8 Å². The highest BCUT2D eigenvalue weighted by atomic mass is 16.1. The summed E-state index contributed by atoms with van der Waals surface area (Å²) < 4.78 is 0. The first kappa shape index (κ1) is 14.9. The van der Waals surface area contributed by atoms with E-state index in [1.165, 1.54) is 11.1 Å². The minimum absolute atomic E-state index is 0.242. The number of nitrogens with zero attached hydrogens (tertiary/aromatic N) is 1. The number of hydrogen-bond donors (Lipinski definition) is 0. The lowest BCUT2D eigenvalue weighted by Gasteiger charge is -2.19. The molecule has 0 saturated heterocycles. The summed E-state index contributed by atoms with van der Waals surface area (Å²) in [6, 6.07) is 4.14. The first-order valence-electron chi connectivity index (χ1n) is 6.83. The molecule has 18 heavy (non-hydrogen) atoms. The summed E-state index contributed by atoms with van der Waals surface area (Å²) in [7, 11) is 0. The molecule has 0 aliphatic heterocycles. The summed E-state index contributed by atoms with van der Waals surface area (Å²) in [6.07, 6.45) is 1.09. The van der Waals surface area contributed by atoms with E-state index in [1.54, 1.807) is 0 Å². The van der Waals surface area contributed by atoms with Crippen molar-refractivity contribution in [2.45, 2.75) is 41.0 Å². The number of hydrogen-bond acceptors (Lipinski definition) is 2. The predicted molar refractivity (Wildman–Crippen MR) is 77.4 cm³/mol. The van der Waals surface area contributed by atoms with Gasteiger partial charge in [0.1, 0.15) is 0 Å². The van der Waals surface area contributed by atoms with E-state index in [1.807, 2.05) is 13.0 Å². The van der Waals surface area contributed by atoms with Gasteiger partial charge in [0.15, 0.2) is 5.78 Å². The Hall–Kier alpha value is -1.15. The molecule has 0 saturated carbocycles. The summed E-state index contributed by atoms with van der Waals surface area (Å²) in [4.78, 5) is 14.5. The van der Waals surface area contributed by atoms with Crippen LogP contribution in [0.3, 0.4) is 0 Å². The van der Waals surface area contributed by atoms with E-state index in [0.717, 1.165) is 30.6 Å². The van der Waals surface area contributed by atoms with Crippen molar-refractivity contribution in [1.82, 2.24) is 4.90 Å². The zero-order valence-corrected chi connectivity index (χ0v) is 12.3. The van der Waals surface area contributed by atoms with Gasteiger partial charge in [0.05, 0.1) is 6.54 Å². The van der Waals surface area contributed by atoms with Crippen LogP contribution in [-0.2, 0) is 0 Å². The fourth-order valence-corrected chi connectivity index (χ4v) is 2.21. The molecule has 0 aliphatic carbocycles. The highest BCUT2D eigenvalue weighted by molar-refractivity contribution is 5.99. The Morgan fingerprint density at radius 1 is 1.06 bits per heavy atom. The minimum atomic E-state index is 0.242. The van der Waals surface area contributed by atoms with Gasteiger partial charge in [-0.15, -0.1) is 0 Å². The Morgan fingerprint density at radius 3 is 2.22 bits per heavy atom. The molecule has 1 rings (SSSR count). The lowest BCUT2D eigenvalue weighted by molar-refractivity contribution is 0.0933. The van der Waals surface area contributed by atoms with E-state index < -0.39 is 0 Å². The van der Waals surface area contributed by atoms with Crippen LogP contribution in [0.1, 0.15) is 47.3 Å². The summed E-state index contributed by atoms with van der Waals surface area (Å²) in [6.45, 7) is 12.9. The van der Waals surface area contributed by atoms with Crippen LogP contribution in [0.4, 0.5) is 0 Å². The van der Waals surface area contributed by atoms with Crippen LogP contribution in [0.25, 0.3) is 0 Å². The Labute approximate surface area is 111 Å². The van der Waals surface area contributed by atoms with Crippen molar-refractivity contribution >= 4 is 5.78 Å². The fraction of sp³-hybridized carbons (Fsp3) is 0.562. The molecule has 1 aromatic carbocycles. The van der Waals surface area contributed by atoms with Crippen molar-refractivity contribution in [3.8, 4) is 0 Å². The minimum Gasteiger partial charge on any atom is -0.296 e. The van der Waals surface area contributed by atoms with Crippen molar-refractivity contribution in [3.05, 3.63) is 34.4 Å². The normalized spacial score (nSPS) is 11.0. The number of ketones is 1. The molecule has 0 N–H and O–H groups in total. The number of likely N-dealkylation sites (N-methyl/N-ethyl adjacent to an activating group) is 1. The molecule has 1 aromatic rings. The zero-order chi connectivity index (χ0) is 13.7. The van der Waals surface area contributed by atoms with Crippen molar-refractivity contribution < 1.29 is 4.79 Å². The van der Waals surface area contributed by atoms with Gasteiger partial charge in [0, 0.05) is 5.56 Å². The summed E-state index contributed by atoms with van der Waals surface area (Å²) >= 11 is 0. The van der Waals surface area contributed by atoms with Crippen LogP contribution < -0.4 is 0 Å². The van der Waals surface area contributed by atoms with Gasteiger partial charge in [-0.05, 0) is 63.0 Å². The lowest BCUT2D eigenvalue weighted by atomic mass is 9.98. The molecule has 0 heterocycles. The van der Waals surface area contributed by atoms with E-state index >= 15 is 0 Å². The SMILES string of the molecule is CCCN(CC)CC(=O)c1cc(C)c(C)cc1C. The zero-order valence-electron chi connectivity index (χ0n) is 12.3. The van der Waals surface area contributed by atoms with Gasteiger partial charge < -0.3 is 0 Å². The molecule has 0 fully saturated rings. The smallest absolute Gasteiger partial charge is 0.177 e. The Bertz CT molecular complexity index is 423. The Kier molecular flexibility index (Phi) is 5.54. The molecular weight excluding hydrogens is 222 g/mol. The van der Waals surface area contributed by atoms with E-state index in [-0.39, 0.29) is 5.78 Å². The maximum atomic E-state index is 12.3. The highest BCUT2D eigenvalue weighted by Crippen LogP contribution is 2.16. The van der Waals surface area contributed by atoms with Crippen molar-refractivity contribution in [2.24, 2.45) is 0 Å². The van der Waals surface area contributed by atoms with Crippen LogP contribution in [0.2, 0.25) is 0 Å². The second-order valence-electron chi connectivity index (χ2n) is 5.04. The highest BCUT2D eigenvalue weighted by Gasteiger charge is 2.13. The molecule has 0 atom stereocenters. The molecule has 0 spiro atoms. The van der Waals surface area contributed by atoms with E-state index in [9.17, 15) is 4.79 Å². The van der Waals surface area contributed by atoms with Gasteiger partial charge in [-0.1, -0.05) is 19.9 Å². The van der Waals surface area contributed by atoms with Crippen LogP contribution in [-0.4, -0.2) is 30.3 Å². The third-order valence-electron chi connectivity index (χ3n) is 3.50. The molecule has 0 aliphatic rings. The maximum Gasteiger partial charge on any atom is 0.177 e.